The molecule has 2 aromatic carbocycles. The van der Waals surface area contributed by atoms with E-state index in [4.69, 9.17) is 18.9 Å². The number of phenols is 1. The number of ether oxygens (including phenoxy) is 4. The number of aryl methyl sites for hydroxylation is 2. The quantitative estimate of drug-likeness (QED) is 0.0719. The van der Waals surface area contributed by atoms with Crippen LogP contribution in [0, 0.1) is 42.9 Å². The number of nitrogens with zero attached hydrogens (tertiary/aromatic N) is 2. The van der Waals surface area contributed by atoms with E-state index in [0.29, 0.717) is 68.4 Å². The average molecular weight is 947 g/mol. The van der Waals surface area contributed by atoms with Gasteiger partial charge in [0.05, 0.1) is 67.9 Å². The predicted molar refractivity (Wildman–Crippen MR) is 256 cm³/mol. The van der Waals surface area contributed by atoms with Crippen molar-refractivity contribution < 1.29 is 48.7 Å². The molecule has 14 nitrogen and oxygen atoms in total. The van der Waals surface area contributed by atoms with E-state index in [-0.39, 0.29) is 51.3 Å². The molecule has 9 atom stereocenters. The van der Waals surface area contributed by atoms with E-state index >= 15 is 0 Å². The number of carbonyl (C=O) groups is 3. The van der Waals surface area contributed by atoms with Gasteiger partial charge in [-0.1, -0.05) is 51.5 Å². The van der Waals surface area contributed by atoms with E-state index in [9.17, 15) is 29.7 Å². The van der Waals surface area contributed by atoms with Gasteiger partial charge in [-0.2, -0.15) is 0 Å². The van der Waals surface area contributed by atoms with E-state index < -0.39 is 35.4 Å². The maximum atomic E-state index is 13.9. The van der Waals surface area contributed by atoms with Crippen LogP contribution in [-0.2, 0) is 46.3 Å². The number of hydrogen-bond donors (Lipinski definition) is 5. The van der Waals surface area contributed by atoms with E-state index in [1.807, 2.05) is 69.6 Å². The lowest BCUT2D eigenvalue weighted by molar-refractivity contribution is -0.144. The summed E-state index contributed by atoms with van der Waals surface area (Å²) in [5.41, 5.74) is 8.06. The largest absolute Gasteiger partial charge is 0.508 e. The van der Waals surface area contributed by atoms with Gasteiger partial charge in [-0.25, -0.2) is 4.98 Å². The number of nitrogens with one attached hydrogen (secondary N) is 2. The van der Waals surface area contributed by atoms with Crippen molar-refractivity contribution in [2.75, 3.05) is 59.4 Å². The normalized spacial score (nSPS) is 25.0. The van der Waals surface area contributed by atoms with Crippen molar-refractivity contribution in [1.82, 2.24) is 20.5 Å². The van der Waals surface area contributed by atoms with Crippen LogP contribution in [0.4, 0.5) is 0 Å². The first kappa shape index (κ1) is 50.9. The monoisotopic (exact) mass is 947 g/mol. The van der Waals surface area contributed by atoms with Gasteiger partial charge >= 0.3 is 0 Å². The Bertz CT molecular complexity index is 2110. The number of β-amino-alcohol motifs (C(OH)–C–C–N with tert-alkyl or cyclic N) is 1. The first-order chi connectivity index (χ1) is 32.2. The highest BCUT2D eigenvalue weighted by Crippen LogP contribution is 2.58. The topological polar surface area (TPSA) is 189 Å². The zero-order valence-electron chi connectivity index (χ0n) is 40.2. The number of fused-ring (bicyclic) bond motifs is 5. The Kier molecular flexibility index (Phi) is 17.9. The van der Waals surface area contributed by atoms with Crippen LogP contribution >= 0.6 is 11.3 Å². The molecule has 15 heteroatoms. The molecular weight excluding hydrogens is 873 g/mol. The second-order valence-electron chi connectivity index (χ2n) is 20.4. The number of aromatic hydroxyl groups is 1. The maximum Gasteiger partial charge on any atom is 0.246 e. The Morgan fingerprint density at radius 3 is 2.25 bits per heavy atom. The molecule has 3 aromatic rings. The summed E-state index contributed by atoms with van der Waals surface area (Å²) in [4.78, 5) is 47.1. The molecule has 7 rings (SSSR count). The summed E-state index contributed by atoms with van der Waals surface area (Å²) in [6, 6.07) is 9.98. The predicted octanol–water partition coefficient (Wildman–Crippen LogP) is 6.23. The van der Waals surface area contributed by atoms with Crippen molar-refractivity contribution in [2.24, 2.45) is 29.1 Å². The smallest absolute Gasteiger partial charge is 0.246 e. The van der Waals surface area contributed by atoms with Gasteiger partial charge < -0.3 is 49.8 Å². The third-order valence-corrected chi connectivity index (χ3v) is 15.6. The number of phenolic OH excluding ortho intramolecular Hbond substituents is 1. The lowest BCUT2D eigenvalue weighted by Crippen LogP contribution is -2.58. The molecule has 2 saturated carbocycles. The molecule has 67 heavy (non-hydrogen) atoms. The molecule has 1 saturated heterocycles. The van der Waals surface area contributed by atoms with E-state index in [0.717, 1.165) is 73.1 Å². The highest BCUT2D eigenvalue weighted by Gasteiger charge is 2.51. The molecule has 5 N–H and O–H groups in total. The van der Waals surface area contributed by atoms with Crippen LogP contribution in [0.2, 0.25) is 0 Å². The van der Waals surface area contributed by atoms with E-state index in [2.05, 4.69) is 22.5 Å². The molecule has 0 spiro atoms. The van der Waals surface area contributed by atoms with Gasteiger partial charge in [0, 0.05) is 26.1 Å². The number of hydrogen-bond acceptors (Lipinski definition) is 12. The highest BCUT2D eigenvalue weighted by atomic mass is 32.1. The summed E-state index contributed by atoms with van der Waals surface area (Å²) >= 11 is 1.58. The summed E-state index contributed by atoms with van der Waals surface area (Å²) in [5.74, 6) is 1.83. The Hall–Kier alpha value is -3.96. The van der Waals surface area contributed by atoms with Gasteiger partial charge in [0.2, 0.25) is 17.7 Å². The Morgan fingerprint density at radius 1 is 0.881 bits per heavy atom. The van der Waals surface area contributed by atoms with Crippen molar-refractivity contribution in [3.05, 3.63) is 69.9 Å². The number of carbonyl (C=O) groups excluding carboxylic acids is 3. The summed E-state index contributed by atoms with van der Waals surface area (Å²) < 4.78 is 22.8. The fourth-order valence-corrected chi connectivity index (χ4v) is 12.3. The fourth-order valence-electron chi connectivity index (χ4n) is 11.5. The third kappa shape index (κ3) is 13.0. The number of aromatic nitrogens is 1. The van der Waals surface area contributed by atoms with Crippen LogP contribution in [0.5, 0.6) is 5.75 Å². The minimum Gasteiger partial charge on any atom is -0.508 e. The third-order valence-electron chi connectivity index (χ3n) is 14.6. The summed E-state index contributed by atoms with van der Waals surface area (Å²) in [7, 11) is 0. The van der Waals surface area contributed by atoms with Crippen molar-refractivity contribution in [3.63, 3.8) is 0 Å². The molecule has 1 aromatic heterocycles. The molecule has 0 bridgehead atoms. The van der Waals surface area contributed by atoms with Crippen LogP contribution in [0.3, 0.4) is 0 Å². The fraction of sp³-hybridized carbons (Fsp3) is 0.654. The molecule has 0 unspecified atom stereocenters. The SMILES string of the molecule is Cc1cc(O)cc2c1[C@H]1CC[C@H]3[C@@H](CC[C@@H]3O)[C@H]1[C@H](CCCCOCCOCCOCCOCC(=O)N[C@H](C(=O)N1C[C@H](O)C[C@H]1C(=O)NCc1ccc(-c3scnc3C)cc1)C(C)(C)C)C2. The summed E-state index contributed by atoms with van der Waals surface area (Å²) in [6.45, 7) is 12.5. The molecule has 0 radical (unpaired) electrons. The molecule has 3 fully saturated rings. The lowest BCUT2D eigenvalue weighted by atomic mass is 9.55. The minimum absolute atomic E-state index is 0.00702. The highest BCUT2D eigenvalue weighted by molar-refractivity contribution is 7.13. The number of benzene rings is 2. The van der Waals surface area contributed by atoms with Crippen molar-refractivity contribution in [3.8, 4) is 16.2 Å². The molecule has 3 aliphatic carbocycles. The van der Waals surface area contributed by atoms with E-state index in [1.54, 1.807) is 11.3 Å². The van der Waals surface area contributed by atoms with Crippen LogP contribution in [-0.4, -0.2) is 127 Å². The first-order valence-corrected chi connectivity index (χ1v) is 25.4. The number of unbranched alkanes of at least 4 members (excludes halogenated alkanes) is 1. The Morgan fingerprint density at radius 2 is 1.57 bits per heavy atom. The number of rotatable bonds is 22. The Balaban J connectivity index is 0.734. The van der Waals surface area contributed by atoms with Crippen molar-refractivity contribution >= 4 is 29.1 Å². The average Bonchev–Trinajstić information content (AvgIpc) is 4.02. The molecule has 2 heterocycles. The second kappa shape index (κ2) is 23.6. The number of aliphatic hydroxyl groups excluding tert-OH is 2. The number of aliphatic hydroxyl groups is 2. The van der Waals surface area contributed by atoms with Gasteiger partial charge in [0.25, 0.3) is 0 Å². The second-order valence-corrected chi connectivity index (χ2v) is 21.2. The summed E-state index contributed by atoms with van der Waals surface area (Å²) in [5, 5.41) is 37.4. The maximum absolute atomic E-state index is 13.9. The molecule has 3 amide bonds. The standard InChI is InChI=1S/C52H74N4O10S/c1-32-24-38(57)26-37-25-36(47-41-15-16-44(59)40(41)13-14-42(47)46(32)37)8-6-7-17-63-18-19-64-20-21-65-22-23-66-30-45(60)55-49(52(3,4)5)51(62)56-29-39(58)27-43(56)50(61)53-28-34-9-11-35(12-10-34)48-33(2)54-31-67-48/h9-12,24,26,31,36,39-44,47,49,57-59H,6-8,13-23,25,27-30H2,1-5H3,(H,53,61)(H,55,60)/t36-,39-,40+,41-,42-,43+,44+,47-,49-/m1/s1. The lowest BCUT2D eigenvalue weighted by Gasteiger charge is -2.49. The van der Waals surface area contributed by atoms with Crippen molar-refractivity contribution in [1.29, 1.82) is 0 Å². The van der Waals surface area contributed by atoms with Crippen LogP contribution < -0.4 is 10.6 Å². The van der Waals surface area contributed by atoms with Gasteiger partial charge in [0.1, 0.15) is 24.4 Å². The summed E-state index contributed by atoms with van der Waals surface area (Å²) in [6.07, 6.45) is 7.61. The molecule has 368 valence electrons. The Labute approximate surface area is 400 Å². The van der Waals surface area contributed by atoms with Gasteiger partial charge in [0.15, 0.2) is 0 Å². The first-order valence-electron chi connectivity index (χ1n) is 24.6. The van der Waals surface area contributed by atoms with Crippen LogP contribution in [0.25, 0.3) is 10.4 Å². The van der Waals surface area contributed by atoms with Gasteiger partial charge in [-0.3, -0.25) is 14.4 Å². The molecular formula is C52H74N4O10S. The van der Waals surface area contributed by atoms with Crippen LogP contribution in [0.1, 0.15) is 106 Å². The van der Waals surface area contributed by atoms with Gasteiger partial charge in [-0.15, -0.1) is 11.3 Å². The van der Waals surface area contributed by atoms with Gasteiger partial charge in [-0.05, 0) is 134 Å². The van der Waals surface area contributed by atoms with Crippen LogP contribution in [0.15, 0.2) is 41.9 Å². The zero-order valence-corrected chi connectivity index (χ0v) is 41.0. The molecule has 4 aliphatic rings. The number of thiazole rings is 1. The van der Waals surface area contributed by atoms with Crippen molar-refractivity contribution in [2.45, 2.75) is 129 Å². The number of likely N-dealkylation sites (tertiary alicyclic amines) is 1. The van der Waals surface area contributed by atoms with E-state index in [1.165, 1.54) is 21.6 Å². The number of amides is 3. The molecule has 1 aliphatic heterocycles. The zero-order chi connectivity index (χ0) is 47.7. The minimum atomic E-state index is -0.952.